The van der Waals surface area contributed by atoms with Gasteiger partial charge in [0.1, 0.15) is 12.4 Å². The van der Waals surface area contributed by atoms with Crippen molar-refractivity contribution in [2.24, 2.45) is 5.92 Å². The number of hydrogen-bond donors (Lipinski definition) is 1. The molecule has 2 rings (SSSR count). The van der Waals surface area contributed by atoms with Crippen molar-refractivity contribution in [2.45, 2.75) is 19.4 Å². The van der Waals surface area contributed by atoms with Gasteiger partial charge in [-0.15, -0.1) is 0 Å². The monoisotopic (exact) mass is 329 g/mol. The molecule has 1 fully saturated rings. The molecule has 1 amide bonds. The van der Waals surface area contributed by atoms with Gasteiger partial charge in [0.2, 0.25) is 5.91 Å². The van der Waals surface area contributed by atoms with Crippen LogP contribution in [0.25, 0.3) is 0 Å². The summed E-state index contributed by atoms with van der Waals surface area (Å²) in [5, 5.41) is 8.87. The Morgan fingerprint density at radius 1 is 1.50 bits per heavy atom. The van der Waals surface area contributed by atoms with Gasteiger partial charge in [0, 0.05) is 13.2 Å². The summed E-state index contributed by atoms with van der Waals surface area (Å²) in [6.07, 6.45) is -0.105. The molecule has 0 radical (unpaired) electrons. The van der Waals surface area contributed by atoms with Gasteiger partial charge in [-0.2, -0.15) is 0 Å². The van der Waals surface area contributed by atoms with Gasteiger partial charge in [0.25, 0.3) is 0 Å². The highest BCUT2D eigenvalue weighted by Gasteiger charge is 2.37. The molecule has 2 atom stereocenters. The molecular formula is C15H17ClFNO4. The zero-order chi connectivity index (χ0) is 16.3. The molecule has 0 spiro atoms. The fourth-order valence-electron chi connectivity index (χ4n) is 2.60. The summed E-state index contributed by atoms with van der Waals surface area (Å²) in [6.45, 7) is 2.03. The highest BCUT2D eigenvalue weighted by Crippen LogP contribution is 2.36. The number of carboxylic acids is 1. The number of halogens is 2. The lowest BCUT2D eigenvalue weighted by Crippen LogP contribution is -2.40. The first-order valence-electron chi connectivity index (χ1n) is 7.01. The fraction of sp³-hybridized carbons (Fsp3) is 0.467. The number of carbonyl (C=O) groups excluding carboxylic acids is 1. The normalized spacial score (nSPS) is 20.9. The number of carboxylic acid groups (broad SMARTS) is 1. The van der Waals surface area contributed by atoms with Gasteiger partial charge in [-0.05, 0) is 31.0 Å². The summed E-state index contributed by atoms with van der Waals surface area (Å²) in [5.41, 5.74) is 0.532. The predicted octanol–water partition coefficient (Wildman–Crippen LogP) is 2.49. The molecule has 7 heteroatoms. The predicted molar refractivity (Wildman–Crippen MR) is 78.1 cm³/mol. The molecule has 1 aliphatic heterocycles. The largest absolute Gasteiger partial charge is 0.480 e. The van der Waals surface area contributed by atoms with E-state index in [2.05, 4.69) is 0 Å². The Morgan fingerprint density at radius 2 is 2.23 bits per heavy atom. The second-order valence-corrected chi connectivity index (χ2v) is 5.51. The highest BCUT2D eigenvalue weighted by molar-refractivity contribution is 6.30. The molecule has 1 aromatic rings. The SMILES string of the molecule is CCN(CC(=O)O)C(=O)[C@@H]1CCO[C@H]1c1ccc(Cl)c(F)c1. The van der Waals surface area contributed by atoms with Crippen molar-refractivity contribution in [2.75, 3.05) is 19.7 Å². The number of rotatable bonds is 5. The Balaban J connectivity index is 2.20. The van der Waals surface area contributed by atoms with Crippen LogP contribution in [0.15, 0.2) is 18.2 Å². The highest BCUT2D eigenvalue weighted by atomic mass is 35.5. The Labute approximate surface area is 132 Å². The van der Waals surface area contributed by atoms with Crippen LogP contribution in [0.1, 0.15) is 25.0 Å². The van der Waals surface area contributed by atoms with Crippen molar-refractivity contribution in [3.8, 4) is 0 Å². The van der Waals surface area contributed by atoms with E-state index < -0.39 is 23.8 Å². The van der Waals surface area contributed by atoms with Crippen LogP contribution < -0.4 is 0 Å². The molecule has 1 N–H and O–H groups in total. The van der Waals surface area contributed by atoms with Gasteiger partial charge >= 0.3 is 5.97 Å². The lowest BCUT2D eigenvalue weighted by Gasteiger charge is -2.25. The zero-order valence-electron chi connectivity index (χ0n) is 12.1. The first-order chi connectivity index (χ1) is 10.4. The van der Waals surface area contributed by atoms with Crippen LogP contribution in [0.3, 0.4) is 0 Å². The second kappa shape index (κ2) is 7.07. The zero-order valence-corrected chi connectivity index (χ0v) is 12.8. The van der Waals surface area contributed by atoms with Gasteiger partial charge in [0.05, 0.1) is 17.0 Å². The van der Waals surface area contributed by atoms with Crippen molar-refractivity contribution in [3.63, 3.8) is 0 Å². The van der Waals surface area contributed by atoms with Crippen LogP contribution in [0.4, 0.5) is 4.39 Å². The molecule has 1 heterocycles. The molecule has 0 aliphatic carbocycles. The number of hydrogen-bond acceptors (Lipinski definition) is 3. The molecule has 1 saturated heterocycles. The molecule has 120 valence electrons. The summed E-state index contributed by atoms with van der Waals surface area (Å²) < 4.78 is 19.2. The second-order valence-electron chi connectivity index (χ2n) is 5.11. The van der Waals surface area contributed by atoms with E-state index >= 15 is 0 Å². The minimum atomic E-state index is -1.07. The summed E-state index contributed by atoms with van der Waals surface area (Å²) in [4.78, 5) is 24.6. The lowest BCUT2D eigenvalue weighted by atomic mass is 9.94. The lowest BCUT2D eigenvalue weighted by molar-refractivity contribution is -0.147. The number of nitrogens with zero attached hydrogens (tertiary/aromatic N) is 1. The first-order valence-corrected chi connectivity index (χ1v) is 7.39. The van der Waals surface area contributed by atoms with E-state index in [0.717, 1.165) is 0 Å². The third kappa shape index (κ3) is 3.56. The molecule has 0 saturated carbocycles. The molecule has 0 aromatic heterocycles. The van der Waals surface area contributed by atoms with Gasteiger partial charge in [-0.25, -0.2) is 4.39 Å². The van der Waals surface area contributed by atoms with E-state index in [0.29, 0.717) is 25.1 Å². The van der Waals surface area contributed by atoms with E-state index in [1.165, 1.54) is 17.0 Å². The Kier molecular flexibility index (Phi) is 5.37. The average Bonchev–Trinajstić information content (AvgIpc) is 2.96. The number of amides is 1. The number of benzene rings is 1. The van der Waals surface area contributed by atoms with Crippen LogP contribution in [0.2, 0.25) is 5.02 Å². The van der Waals surface area contributed by atoms with E-state index in [1.54, 1.807) is 13.0 Å². The van der Waals surface area contributed by atoms with Gasteiger partial charge < -0.3 is 14.7 Å². The third-order valence-electron chi connectivity index (χ3n) is 3.70. The van der Waals surface area contributed by atoms with Crippen LogP contribution >= 0.6 is 11.6 Å². The minimum absolute atomic E-state index is 0.00526. The minimum Gasteiger partial charge on any atom is -0.480 e. The standard InChI is InChI=1S/C15H17ClFNO4/c1-2-18(8-13(19)20)15(21)10-5-6-22-14(10)9-3-4-11(16)12(17)7-9/h3-4,7,10,14H,2,5-6,8H2,1H3,(H,19,20)/t10-,14+/m1/s1. The molecular weight excluding hydrogens is 313 g/mol. The quantitative estimate of drug-likeness (QED) is 0.901. The van der Waals surface area contributed by atoms with E-state index in [1.807, 2.05) is 0 Å². The summed E-state index contributed by atoms with van der Waals surface area (Å²) >= 11 is 5.66. The number of aliphatic carboxylic acids is 1. The smallest absolute Gasteiger partial charge is 0.323 e. The van der Waals surface area contributed by atoms with Crippen LogP contribution in [0.5, 0.6) is 0 Å². The summed E-state index contributed by atoms with van der Waals surface area (Å²) in [6, 6.07) is 4.30. The van der Waals surface area contributed by atoms with Crippen LogP contribution in [0, 0.1) is 11.7 Å². The molecule has 22 heavy (non-hydrogen) atoms. The molecule has 0 bridgehead atoms. The fourth-order valence-corrected chi connectivity index (χ4v) is 2.72. The molecule has 1 aromatic carbocycles. The van der Waals surface area contributed by atoms with Crippen molar-refractivity contribution < 1.29 is 23.8 Å². The first kappa shape index (κ1) is 16.7. The van der Waals surface area contributed by atoms with E-state index in [-0.39, 0.29) is 17.5 Å². The topological polar surface area (TPSA) is 66.8 Å². The van der Waals surface area contributed by atoms with Crippen molar-refractivity contribution >= 4 is 23.5 Å². The molecule has 1 aliphatic rings. The maximum atomic E-state index is 13.6. The van der Waals surface area contributed by atoms with Crippen molar-refractivity contribution in [1.29, 1.82) is 0 Å². The molecule has 5 nitrogen and oxygen atoms in total. The van der Waals surface area contributed by atoms with Crippen LogP contribution in [-0.2, 0) is 14.3 Å². The maximum absolute atomic E-state index is 13.6. The van der Waals surface area contributed by atoms with Crippen molar-refractivity contribution in [1.82, 2.24) is 4.90 Å². The van der Waals surface area contributed by atoms with Gasteiger partial charge in [-0.1, -0.05) is 17.7 Å². The number of likely N-dealkylation sites (N-methyl/N-ethyl adjacent to an activating group) is 1. The summed E-state index contributed by atoms with van der Waals surface area (Å²) in [5.74, 6) is -2.44. The Hall–Kier alpha value is -1.66. The third-order valence-corrected chi connectivity index (χ3v) is 4.01. The van der Waals surface area contributed by atoms with E-state index in [9.17, 15) is 14.0 Å². The Morgan fingerprint density at radius 3 is 2.82 bits per heavy atom. The Bertz CT molecular complexity index is 581. The van der Waals surface area contributed by atoms with Crippen LogP contribution in [-0.4, -0.2) is 41.6 Å². The average molecular weight is 330 g/mol. The maximum Gasteiger partial charge on any atom is 0.323 e. The summed E-state index contributed by atoms with van der Waals surface area (Å²) in [7, 11) is 0. The molecule has 0 unspecified atom stereocenters. The number of ether oxygens (including phenoxy) is 1. The van der Waals surface area contributed by atoms with Crippen molar-refractivity contribution in [3.05, 3.63) is 34.6 Å². The van der Waals surface area contributed by atoms with E-state index in [4.69, 9.17) is 21.4 Å². The van der Waals surface area contributed by atoms with Gasteiger partial charge in [-0.3, -0.25) is 9.59 Å². The van der Waals surface area contributed by atoms with Gasteiger partial charge in [0.15, 0.2) is 0 Å². The number of carbonyl (C=O) groups is 2.